The number of hydrogen-bond donors (Lipinski definition) is 0. The maximum Gasteiger partial charge on any atom is 0.460 e. The van der Waals surface area contributed by atoms with E-state index < -0.39 is 57.1 Å². The quantitative estimate of drug-likeness (QED) is 0.159. The third-order valence-corrected chi connectivity index (χ3v) is 8.65. The number of ketones is 1. The van der Waals surface area contributed by atoms with Crippen LogP contribution in [0.4, 0.5) is 74.6 Å². The summed E-state index contributed by atoms with van der Waals surface area (Å²) in [5.41, 5.74) is 0. The van der Waals surface area contributed by atoms with Gasteiger partial charge in [-0.15, -0.1) is 0 Å². The molecule has 0 aromatic rings. The molecule has 0 N–H and O–H groups in total. The minimum atomic E-state index is -8.92. The standard InChI is InChI=1S/C9H17OS.C8HF17O3S/c1-3-9(10)7-11-5-4-8(2)6-11;9-1(10,3(13,14)5(17,18)7(21,22)23)2(11,12)4(15,16)6(19,20)8(24,25)29(26,27)28/h8H,3-7H2,1-2H3;(H,26,27,28)/q+1;/p-1. The van der Waals surface area contributed by atoms with E-state index in [0.717, 1.165) is 18.1 Å². The van der Waals surface area contributed by atoms with Crippen LogP contribution in [0.15, 0.2) is 0 Å². The minimum Gasteiger partial charge on any atom is -0.743 e. The molecule has 2 unspecified atom stereocenters. The van der Waals surface area contributed by atoms with E-state index in [1.54, 1.807) is 0 Å². The van der Waals surface area contributed by atoms with Gasteiger partial charge in [-0.25, -0.2) is 8.42 Å². The second-order valence-electron chi connectivity index (χ2n) is 8.33. The molecule has 40 heavy (non-hydrogen) atoms. The molecule has 0 bridgehead atoms. The van der Waals surface area contributed by atoms with Crippen LogP contribution < -0.4 is 0 Å². The smallest absolute Gasteiger partial charge is 0.460 e. The first kappa shape index (κ1) is 38.7. The van der Waals surface area contributed by atoms with E-state index in [2.05, 4.69) is 6.92 Å². The maximum atomic E-state index is 13.0. The Balaban J connectivity index is 0.00000114. The van der Waals surface area contributed by atoms with Crippen molar-refractivity contribution in [2.75, 3.05) is 17.3 Å². The third kappa shape index (κ3) is 6.38. The van der Waals surface area contributed by atoms with E-state index in [1.807, 2.05) is 6.92 Å². The molecule has 1 heterocycles. The Morgan fingerprint density at radius 2 is 1.07 bits per heavy atom. The molecule has 1 aliphatic heterocycles. The van der Waals surface area contributed by atoms with Crippen molar-refractivity contribution in [3.63, 3.8) is 0 Å². The van der Waals surface area contributed by atoms with Crippen molar-refractivity contribution >= 4 is 26.8 Å². The molecule has 1 fully saturated rings. The molecule has 0 radical (unpaired) electrons. The molecular formula is C17H17F17O4S2. The number of rotatable bonds is 10. The van der Waals surface area contributed by atoms with Crippen LogP contribution in [0, 0.1) is 5.92 Å². The van der Waals surface area contributed by atoms with Crippen LogP contribution in [0.5, 0.6) is 0 Å². The number of alkyl halides is 17. The molecule has 0 aromatic heterocycles. The van der Waals surface area contributed by atoms with Crippen molar-refractivity contribution < 1.29 is 92.4 Å². The fourth-order valence-electron chi connectivity index (χ4n) is 2.70. The first-order valence-electron chi connectivity index (χ1n) is 10.0. The van der Waals surface area contributed by atoms with Crippen LogP contribution in [-0.2, 0) is 25.8 Å². The number of carbonyl (C=O) groups excluding carboxylic acids is 1. The highest BCUT2D eigenvalue weighted by Crippen LogP contribution is 2.64. The van der Waals surface area contributed by atoms with Gasteiger partial charge in [-0.05, 0) is 17.3 Å². The lowest BCUT2D eigenvalue weighted by Crippen LogP contribution is -2.75. The number of hydrogen-bond acceptors (Lipinski definition) is 4. The Labute approximate surface area is 216 Å². The Kier molecular flexibility index (Phi) is 11.1. The number of carbonyl (C=O) groups is 1. The number of Topliss-reactive ketones (excluding diaryl/α,β-unsaturated/α-hetero) is 1. The topological polar surface area (TPSA) is 74.3 Å². The zero-order valence-corrected chi connectivity index (χ0v) is 21.1. The lowest BCUT2D eigenvalue weighted by atomic mass is 9.91. The van der Waals surface area contributed by atoms with Crippen LogP contribution in [0.2, 0.25) is 0 Å². The van der Waals surface area contributed by atoms with Crippen LogP contribution in [0.1, 0.15) is 26.7 Å². The lowest BCUT2D eigenvalue weighted by Gasteiger charge is -2.42. The van der Waals surface area contributed by atoms with Crippen LogP contribution in [0.25, 0.3) is 0 Å². The van der Waals surface area contributed by atoms with Gasteiger partial charge < -0.3 is 4.55 Å². The zero-order chi connectivity index (χ0) is 32.8. The van der Waals surface area contributed by atoms with Crippen molar-refractivity contribution in [3.05, 3.63) is 0 Å². The van der Waals surface area contributed by atoms with Gasteiger partial charge in [-0.2, -0.15) is 74.6 Å². The average molecular weight is 672 g/mol. The highest BCUT2D eigenvalue weighted by Gasteiger charge is 2.95. The number of halogens is 17. The second-order valence-corrected chi connectivity index (χ2v) is 12.0. The summed E-state index contributed by atoms with van der Waals surface area (Å²) < 4.78 is 244. The van der Waals surface area contributed by atoms with Gasteiger partial charge in [-0.3, -0.25) is 4.79 Å². The molecule has 23 heteroatoms. The predicted molar refractivity (Wildman–Crippen MR) is 101 cm³/mol. The van der Waals surface area contributed by atoms with Gasteiger partial charge in [0.1, 0.15) is 11.5 Å². The summed E-state index contributed by atoms with van der Waals surface area (Å²) in [7, 11) is -7.68. The Bertz CT molecular complexity index is 1010. The maximum absolute atomic E-state index is 13.0. The van der Waals surface area contributed by atoms with Crippen molar-refractivity contribution in [3.8, 4) is 0 Å². The first-order chi connectivity index (χ1) is 17.2. The monoisotopic (exact) mass is 672 g/mol. The van der Waals surface area contributed by atoms with Gasteiger partial charge in [0.15, 0.2) is 21.7 Å². The van der Waals surface area contributed by atoms with Crippen molar-refractivity contribution in [2.24, 2.45) is 5.92 Å². The summed E-state index contributed by atoms with van der Waals surface area (Å²) in [5, 5.41) is -7.95. The molecule has 0 amide bonds. The molecule has 0 saturated carbocycles. The molecular weight excluding hydrogens is 655 g/mol. The fourth-order valence-corrected chi connectivity index (χ4v) is 5.94. The summed E-state index contributed by atoms with van der Waals surface area (Å²) in [6.45, 7) is 4.26. The summed E-state index contributed by atoms with van der Waals surface area (Å²) in [6, 6.07) is 0. The van der Waals surface area contributed by atoms with Crippen molar-refractivity contribution in [1.29, 1.82) is 0 Å². The Morgan fingerprint density at radius 3 is 1.35 bits per heavy atom. The molecule has 1 aliphatic rings. The van der Waals surface area contributed by atoms with Gasteiger partial charge in [0, 0.05) is 12.3 Å². The average Bonchev–Trinajstić information content (AvgIpc) is 3.15. The highest BCUT2D eigenvalue weighted by atomic mass is 32.2. The fraction of sp³-hybridized carbons (Fsp3) is 0.941. The van der Waals surface area contributed by atoms with Crippen molar-refractivity contribution in [1.82, 2.24) is 0 Å². The van der Waals surface area contributed by atoms with Crippen LogP contribution in [0.3, 0.4) is 0 Å². The van der Waals surface area contributed by atoms with Crippen LogP contribution >= 0.6 is 0 Å². The van der Waals surface area contributed by atoms with Gasteiger partial charge in [-0.1, -0.05) is 13.8 Å². The molecule has 0 spiro atoms. The normalized spacial score (nSPS) is 20.7. The molecule has 0 aliphatic carbocycles. The van der Waals surface area contributed by atoms with E-state index >= 15 is 0 Å². The molecule has 4 nitrogen and oxygen atoms in total. The molecule has 240 valence electrons. The highest BCUT2D eigenvalue weighted by molar-refractivity contribution is 7.97. The van der Waals surface area contributed by atoms with Gasteiger partial charge in [0.25, 0.3) is 0 Å². The van der Waals surface area contributed by atoms with Gasteiger partial charge in [0.05, 0.1) is 0 Å². The van der Waals surface area contributed by atoms with E-state index in [4.69, 9.17) is 0 Å². The first-order valence-corrected chi connectivity index (χ1v) is 13.2. The van der Waals surface area contributed by atoms with Crippen LogP contribution in [-0.4, -0.2) is 83.0 Å². The summed E-state index contributed by atoms with van der Waals surface area (Å²) in [5.74, 6) is -47.3. The SMILES string of the molecule is CCC(=O)C[S+]1CCC(C)C1.O=S(=O)([O-])C(F)(F)C(F)(F)C(F)(F)C(F)(F)C(F)(F)C(F)(F)C(F)(F)C(F)(F)F. The summed E-state index contributed by atoms with van der Waals surface area (Å²) >= 11 is 0. The van der Waals surface area contributed by atoms with E-state index in [0.29, 0.717) is 16.7 Å². The Morgan fingerprint density at radius 1 is 0.725 bits per heavy atom. The van der Waals surface area contributed by atoms with Crippen molar-refractivity contribution in [2.45, 2.75) is 73.7 Å². The summed E-state index contributed by atoms with van der Waals surface area (Å²) in [4.78, 5) is 11.1. The Hall–Kier alpha value is -1.26. The van der Waals surface area contributed by atoms with E-state index in [-0.39, 0.29) is 0 Å². The van der Waals surface area contributed by atoms with Gasteiger partial charge in [0.2, 0.25) is 0 Å². The molecule has 1 rings (SSSR count). The second kappa shape index (κ2) is 11.4. The third-order valence-electron chi connectivity index (χ3n) is 5.19. The van der Waals surface area contributed by atoms with Gasteiger partial charge >= 0.3 is 47.0 Å². The minimum absolute atomic E-state index is 0.461. The molecule has 0 aromatic carbocycles. The lowest BCUT2D eigenvalue weighted by molar-refractivity contribution is -0.458. The predicted octanol–water partition coefficient (Wildman–Crippen LogP) is 6.12. The molecule has 2 atom stereocenters. The summed E-state index contributed by atoms with van der Waals surface area (Å²) in [6.07, 6.45) is -5.81. The largest absolute Gasteiger partial charge is 0.743 e. The van der Waals surface area contributed by atoms with E-state index in [1.165, 1.54) is 17.9 Å². The zero-order valence-electron chi connectivity index (χ0n) is 19.5. The molecule has 1 saturated heterocycles. The van der Waals surface area contributed by atoms with E-state index in [9.17, 15) is 92.4 Å².